The molecule has 1 N–H and O–H groups in total. The molecular weight excluding hydrogens is 678 g/mol. The minimum Gasteiger partial charge on any atom is -0.281 e. The number of hydrogen-bond donors (Lipinski definition) is 1. The van der Waals surface area contributed by atoms with Gasteiger partial charge in [-0.1, -0.05) is 0 Å². The molecule has 0 aromatic rings. The Morgan fingerprint density at radius 1 is 0.433 bits per heavy atom. The van der Waals surface area contributed by atoms with Crippen LogP contribution in [-0.4, -0.2) is 59.9 Å². The molecular formula is C8HF17HfO3S+4. The van der Waals surface area contributed by atoms with E-state index < -0.39 is 57.1 Å². The Morgan fingerprint density at radius 3 is 0.833 bits per heavy atom. The summed E-state index contributed by atoms with van der Waals surface area (Å²) in [6.45, 7) is 0. The van der Waals surface area contributed by atoms with Gasteiger partial charge in [-0.3, -0.25) is 4.55 Å². The summed E-state index contributed by atoms with van der Waals surface area (Å²) in [5.74, 6) is -52.0. The number of hydrogen-bond acceptors (Lipinski definition) is 2. The van der Waals surface area contributed by atoms with E-state index in [1.54, 1.807) is 0 Å². The summed E-state index contributed by atoms with van der Waals surface area (Å²) in [4.78, 5) is 0. The van der Waals surface area contributed by atoms with E-state index in [1.165, 1.54) is 0 Å². The van der Waals surface area contributed by atoms with Crippen LogP contribution in [0.15, 0.2) is 0 Å². The third-order valence-corrected chi connectivity index (χ3v) is 3.92. The summed E-state index contributed by atoms with van der Waals surface area (Å²) in [5.41, 5.74) is 0. The van der Waals surface area contributed by atoms with Crippen LogP contribution in [0.3, 0.4) is 0 Å². The summed E-state index contributed by atoms with van der Waals surface area (Å²) in [6.07, 6.45) is -7.88. The summed E-state index contributed by atoms with van der Waals surface area (Å²) in [6, 6.07) is 0. The van der Waals surface area contributed by atoms with Crippen molar-refractivity contribution in [1.82, 2.24) is 0 Å². The molecule has 0 atom stereocenters. The van der Waals surface area contributed by atoms with Crippen LogP contribution in [0.1, 0.15) is 0 Å². The van der Waals surface area contributed by atoms with Crippen LogP contribution in [-0.2, 0) is 36.0 Å². The van der Waals surface area contributed by atoms with Crippen molar-refractivity contribution >= 4 is 10.1 Å². The van der Waals surface area contributed by atoms with Gasteiger partial charge in [-0.15, -0.1) is 0 Å². The van der Waals surface area contributed by atoms with Gasteiger partial charge in [-0.25, -0.2) is 0 Å². The Balaban J connectivity index is 0. The zero-order valence-electron chi connectivity index (χ0n) is 12.6. The molecule has 176 valence electrons. The van der Waals surface area contributed by atoms with Gasteiger partial charge in [0.2, 0.25) is 0 Å². The van der Waals surface area contributed by atoms with Crippen LogP contribution >= 0.6 is 0 Å². The van der Waals surface area contributed by atoms with Gasteiger partial charge in [0, 0.05) is 0 Å². The number of alkyl halides is 17. The molecule has 0 fully saturated rings. The summed E-state index contributed by atoms with van der Waals surface area (Å²) < 4.78 is 242. The van der Waals surface area contributed by atoms with Crippen LogP contribution in [0, 0.1) is 0 Å². The zero-order chi connectivity index (χ0) is 24.5. The van der Waals surface area contributed by atoms with Crippen LogP contribution < -0.4 is 0 Å². The number of halogens is 17. The Hall–Kier alpha value is -0.410. The van der Waals surface area contributed by atoms with Gasteiger partial charge in [-0.05, 0) is 0 Å². The van der Waals surface area contributed by atoms with Gasteiger partial charge in [0.25, 0.3) is 0 Å². The molecule has 0 aromatic carbocycles. The van der Waals surface area contributed by atoms with E-state index in [4.69, 9.17) is 4.55 Å². The van der Waals surface area contributed by atoms with Crippen molar-refractivity contribution in [3.05, 3.63) is 0 Å². The molecule has 30 heavy (non-hydrogen) atoms. The van der Waals surface area contributed by atoms with E-state index in [-0.39, 0.29) is 25.8 Å². The molecule has 0 aliphatic rings. The smallest absolute Gasteiger partial charge is 0.281 e. The average Bonchev–Trinajstić information content (AvgIpc) is 2.43. The maximum absolute atomic E-state index is 13.0. The SMILES string of the molecule is O=S(=O)(O)C(F)(F)C(F)(F)C(F)(F)C(F)(F)C(F)(F)C(F)(F)C(F)(F)C(F)(F)F.[Hf+4]. The van der Waals surface area contributed by atoms with Crippen LogP contribution in [0.5, 0.6) is 0 Å². The fourth-order valence-electron chi connectivity index (χ4n) is 1.31. The normalized spacial score (nSPS) is 16.3. The van der Waals surface area contributed by atoms with Crippen molar-refractivity contribution in [1.29, 1.82) is 0 Å². The van der Waals surface area contributed by atoms with Gasteiger partial charge in [0.05, 0.1) is 0 Å². The van der Waals surface area contributed by atoms with E-state index in [1.807, 2.05) is 0 Å². The zero-order valence-corrected chi connectivity index (χ0v) is 17.0. The first kappa shape index (κ1) is 31.8. The molecule has 0 unspecified atom stereocenters. The van der Waals surface area contributed by atoms with E-state index in [2.05, 4.69) is 0 Å². The topological polar surface area (TPSA) is 54.4 Å². The van der Waals surface area contributed by atoms with Gasteiger partial charge < -0.3 is 0 Å². The molecule has 0 saturated heterocycles. The Bertz CT molecular complexity index is 739. The first-order valence-electron chi connectivity index (χ1n) is 5.68. The summed E-state index contributed by atoms with van der Waals surface area (Å²) in [7, 11) is -7.89. The standard InChI is InChI=1S/C8HF17O3S.Hf/c9-1(10,3(13,14)5(17,18)7(21,22)23)2(11,12)4(15,16)6(19,20)8(24,25)29(26,27)28;/h(H,26,27,28);/q;+4. The Kier molecular flexibility index (Phi) is 8.03. The minimum atomic E-state index is -8.89. The fraction of sp³-hybridized carbons (Fsp3) is 1.00. The first-order valence-corrected chi connectivity index (χ1v) is 7.12. The van der Waals surface area contributed by atoms with Crippen LogP contribution in [0.2, 0.25) is 0 Å². The van der Waals surface area contributed by atoms with Crippen molar-refractivity contribution in [2.45, 2.75) is 47.0 Å². The largest absolute Gasteiger partial charge is 4.00 e. The van der Waals surface area contributed by atoms with Crippen LogP contribution in [0.25, 0.3) is 0 Å². The second kappa shape index (κ2) is 7.58. The maximum Gasteiger partial charge on any atom is 4.00 e. The molecule has 0 radical (unpaired) electrons. The minimum absolute atomic E-state index is 0. The predicted molar refractivity (Wildman–Crippen MR) is 52.2 cm³/mol. The Labute approximate surface area is 171 Å². The van der Waals surface area contributed by atoms with Crippen molar-refractivity contribution in [3.8, 4) is 0 Å². The molecule has 0 bridgehead atoms. The van der Waals surface area contributed by atoms with Gasteiger partial charge in [0.1, 0.15) is 0 Å². The van der Waals surface area contributed by atoms with Crippen LogP contribution in [0.4, 0.5) is 74.6 Å². The molecule has 0 spiro atoms. The molecule has 22 heteroatoms. The average molecular weight is 679 g/mol. The molecule has 0 aliphatic carbocycles. The van der Waals surface area contributed by atoms with E-state index in [0.717, 1.165) is 0 Å². The first-order chi connectivity index (χ1) is 12.0. The van der Waals surface area contributed by atoms with Gasteiger partial charge in [-0.2, -0.15) is 83.1 Å². The number of rotatable bonds is 7. The van der Waals surface area contributed by atoms with Crippen molar-refractivity contribution in [2.24, 2.45) is 0 Å². The second-order valence-corrected chi connectivity index (χ2v) is 6.40. The molecule has 0 heterocycles. The van der Waals surface area contributed by atoms with E-state index in [0.29, 0.717) is 0 Å². The predicted octanol–water partition coefficient (Wildman–Crippen LogP) is 4.84. The fourth-order valence-corrected chi connectivity index (χ4v) is 1.76. The Morgan fingerprint density at radius 2 is 0.633 bits per heavy atom. The second-order valence-electron chi connectivity index (χ2n) is 4.94. The third-order valence-electron chi connectivity index (χ3n) is 3.02. The molecule has 3 nitrogen and oxygen atoms in total. The molecule has 0 aromatic heterocycles. The third kappa shape index (κ3) is 3.81. The van der Waals surface area contributed by atoms with Crippen molar-refractivity contribution in [2.75, 3.05) is 0 Å². The summed E-state index contributed by atoms with van der Waals surface area (Å²) >= 11 is 0. The quantitative estimate of drug-likeness (QED) is 0.239. The van der Waals surface area contributed by atoms with E-state index >= 15 is 0 Å². The monoisotopic (exact) mass is 680 g/mol. The molecule has 0 aliphatic heterocycles. The van der Waals surface area contributed by atoms with Crippen molar-refractivity contribution in [3.63, 3.8) is 0 Å². The molecule has 0 amide bonds. The van der Waals surface area contributed by atoms with Gasteiger partial charge in [0.15, 0.2) is 0 Å². The summed E-state index contributed by atoms with van der Waals surface area (Å²) in [5, 5.41) is -7.84. The van der Waals surface area contributed by atoms with Crippen molar-refractivity contribution < 1.29 is 113 Å². The molecule has 0 rings (SSSR count). The van der Waals surface area contributed by atoms with E-state index in [9.17, 15) is 83.1 Å². The maximum atomic E-state index is 13.0. The van der Waals surface area contributed by atoms with Gasteiger partial charge >= 0.3 is 82.9 Å². The molecule has 0 saturated carbocycles.